The third kappa shape index (κ3) is 3.83. The molecule has 3 heterocycles. The lowest BCUT2D eigenvalue weighted by atomic mass is 10.0. The van der Waals surface area contributed by atoms with Gasteiger partial charge in [-0.1, -0.05) is 0 Å². The number of rotatable bonds is 4. The number of ether oxygens (including phenoxy) is 1. The van der Waals surface area contributed by atoms with Gasteiger partial charge in [0.25, 0.3) is 0 Å². The summed E-state index contributed by atoms with van der Waals surface area (Å²) < 4.78 is 5.73. The first-order valence-corrected chi connectivity index (χ1v) is 9.03. The van der Waals surface area contributed by atoms with E-state index in [0.29, 0.717) is 12.5 Å². The first-order valence-electron chi connectivity index (χ1n) is 8.15. The quantitative estimate of drug-likeness (QED) is 0.854. The van der Waals surface area contributed by atoms with Gasteiger partial charge < -0.3 is 9.64 Å². The summed E-state index contributed by atoms with van der Waals surface area (Å²) in [4.78, 5) is 19.1. The zero-order chi connectivity index (χ0) is 14.5. The molecule has 1 aromatic heterocycles. The van der Waals surface area contributed by atoms with Gasteiger partial charge in [-0.2, -0.15) is 0 Å². The maximum absolute atomic E-state index is 12.6. The van der Waals surface area contributed by atoms with E-state index in [2.05, 4.69) is 9.88 Å². The van der Waals surface area contributed by atoms with Crippen LogP contribution in [-0.2, 0) is 9.53 Å². The number of likely N-dealkylation sites (tertiary alicyclic amines) is 1. The molecular weight excluding hydrogens is 284 g/mol. The van der Waals surface area contributed by atoms with Gasteiger partial charge in [-0.3, -0.25) is 4.79 Å². The lowest BCUT2D eigenvalue weighted by Gasteiger charge is -2.35. The average Bonchev–Trinajstić information content (AvgIpc) is 3.08. The summed E-state index contributed by atoms with van der Waals surface area (Å²) in [6.45, 7) is 1.75. The van der Waals surface area contributed by atoms with Crippen molar-refractivity contribution in [3.05, 3.63) is 16.6 Å². The number of thiazole rings is 1. The summed E-state index contributed by atoms with van der Waals surface area (Å²) in [5.41, 5.74) is 0. The molecule has 0 saturated carbocycles. The van der Waals surface area contributed by atoms with Gasteiger partial charge in [0, 0.05) is 31.1 Å². The van der Waals surface area contributed by atoms with Crippen LogP contribution < -0.4 is 0 Å². The standard InChI is InChI=1S/C16H24N2O2S/c19-15(8-7-13-5-2-4-11-20-13)18-10-3-1-6-14(18)16-17-9-12-21-16/h9,12-14H,1-8,10-11H2. The van der Waals surface area contributed by atoms with Gasteiger partial charge in [-0.15, -0.1) is 11.3 Å². The second-order valence-corrected chi connectivity index (χ2v) is 6.92. The van der Waals surface area contributed by atoms with E-state index < -0.39 is 0 Å². The van der Waals surface area contributed by atoms with E-state index in [4.69, 9.17) is 4.74 Å². The van der Waals surface area contributed by atoms with Crippen LogP contribution >= 0.6 is 11.3 Å². The number of piperidine rings is 1. The molecule has 2 aliphatic heterocycles. The maximum atomic E-state index is 12.6. The fourth-order valence-corrected chi connectivity index (χ4v) is 4.13. The topological polar surface area (TPSA) is 42.4 Å². The number of carbonyl (C=O) groups is 1. The van der Waals surface area contributed by atoms with Crippen LogP contribution in [0.1, 0.15) is 62.4 Å². The van der Waals surface area contributed by atoms with E-state index in [0.717, 1.165) is 43.8 Å². The fraction of sp³-hybridized carbons (Fsp3) is 0.750. The average molecular weight is 308 g/mol. The molecule has 0 spiro atoms. The third-order valence-corrected chi connectivity index (χ3v) is 5.39. The number of hydrogen-bond acceptors (Lipinski definition) is 4. The zero-order valence-electron chi connectivity index (χ0n) is 12.5. The minimum Gasteiger partial charge on any atom is -0.378 e. The molecule has 2 unspecified atom stereocenters. The van der Waals surface area contributed by atoms with Gasteiger partial charge in [0.15, 0.2) is 0 Å². The molecule has 116 valence electrons. The van der Waals surface area contributed by atoms with Gasteiger partial charge in [0.1, 0.15) is 5.01 Å². The molecule has 0 bridgehead atoms. The minimum absolute atomic E-state index is 0.207. The largest absolute Gasteiger partial charge is 0.378 e. The Morgan fingerprint density at radius 1 is 1.33 bits per heavy atom. The Bertz CT molecular complexity index is 443. The van der Waals surface area contributed by atoms with Crippen LogP contribution in [0.5, 0.6) is 0 Å². The van der Waals surface area contributed by atoms with Gasteiger partial charge >= 0.3 is 0 Å². The molecule has 5 heteroatoms. The number of hydrogen-bond donors (Lipinski definition) is 0. The van der Waals surface area contributed by atoms with Gasteiger partial charge in [-0.05, 0) is 44.9 Å². The smallest absolute Gasteiger partial charge is 0.223 e. The van der Waals surface area contributed by atoms with E-state index in [1.165, 1.54) is 19.3 Å². The van der Waals surface area contributed by atoms with Crippen LogP contribution in [0.3, 0.4) is 0 Å². The molecule has 1 aromatic rings. The van der Waals surface area contributed by atoms with Crippen molar-refractivity contribution in [3.8, 4) is 0 Å². The van der Waals surface area contributed by atoms with Crippen molar-refractivity contribution in [1.82, 2.24) is 9.88 Å². The summed E-state index contributed by atoms with van der Waals surface area (Å²) in [6.07, 6.45) is 10.5. The monoisotopic (exact) mass is 308 g/mol. The molecule has 3 rings (SSSR count). The molecule has 2 saturated heterocycles. The predicted molar refractivity (Wildman–Crippen MR) is 83.2 cm³/mol. The highest BCUT2D eigenvalue weighted by Crippen LogP contribution is 2.32. The SMILES string of the molecule is O=C(CCC1CCCCO1)N1CCCCC1c1nccs1. The Kier molecular flexibility index (Phi) is 5.25. The molecule has 21 heavy (non-hydrogen) atoms. The van der Waals surface area contributed by atoms with Crippen molar-refractivity contribution in [2.45, 2.75) is 63.5 Å². The van der Waals surface area contributed by atoms with Crippen LogP contribution in [-0.4, -0.2) is 35.0 Å². The summed E-state index contributed by atoms with van der Waals surface area (Å²) in [6, 6.07) is 0.207. The number of carbonyl (C=O) groups excluding carboxylic acids is 1. The van der Waals surface area contributed by atoms with Crippen molar-refractivity contribution in [3.63, 3.8) is 0 Å². The van der Waals surface area contributed by atoms with Crippen LogP contribution in [0.25, 0.3) is 0 Å². The van der Waals surface area contributed by atoms with Crippen molar-refractivity contribution in [1.29, 1.82) is 0 Å². The van der Waals surface area contributed by atoms with Crippen LogP contribution in [0.15, 0.2) is 11.6 Å². The van der Waals surface area contributed by atoms with Crippen molar-refractivity contribution >= 4 is 17.2 Å². The minimum atomic E-state index is 0.207. The summed E-state index contributed by atoms with van der Waals surface area (Å²) in [5, 5.41) is 3.10. The molecule has 2 atom stereocenters. The molecular formula is C16H24N2O2S. The Morgan fingerprint density at radius 3 is 3.00 bits per heavy atom. The van der Waals surface area contributed by atoms with Crippen LogP contribution in [0.4, 0.5) is 0 Å². The first kappa shape index (κ1) is 15.0. The molecule has 0 aliphatic carbocycles. The van der Waals surface area contributed by atoms with Crippen LogP contribution in [0.2, 0.25) is 0 Å². The van der Waals surface area contributed by atoms with Crippen molar-refractivity contribution in [2.24, 2.45) is 0 Å². The second kappa shape index (κ2) is 7.36. The molecule has 2 aliphatic rings. The first-order chi connectivity index (χ1) is 10.3. The Labute approximate surface area is 130 Å². The van der Waals surface area contributed by atoms with E-state index >= 15 is 0 Å². The van der Waals surface area contributed by atoms with Gasteiger partial charge in [0.05, 0.1) is 12.1 Å². The molecule has 1 amide bonds. The van der Waals surface area contributed by atoms with Crippen molar-refractivity contribution < 1.29 is 9.53 Å². The summed E-state index contributed by atoms with van der Waals surface area (Å²) in [5.74, 6) is 0.282. The van der Waals surface area contributed by atoms with E-state index in [1.54, 1.807) is 11.3 Å². The van der Waals surface area contributed by atoms with E-state index in [1.807, 2.05) is 11.6 Å². The number of amides is 1. The highest BCUT2D eigenvalue weighted by Gasteiger charge is 2.29. The van der Waals surface area contributed by atoms with E-state index in [9.17, 15) is 4.79 Å². The normalized spacial score (nSPS) is 26.8. The van der Waals surface area contributed by atoms with Crippen molar-refractivity contribution in [2.75, 3.05) is 13.2 Å². The number of nitrogens with zero attached hydrogens (tertiary/aromatic N) is 2. The Morgan fingerprint density at radius 2 is 2.24 bits per heavy atom. The lowest BCUT2D eigenvalue weighted by Crippen LogP contribution is -2.38. The molecule has 0 radical (unpaired) electrons. The molecule has 0 N–H and O–H groups in total. The molecule has 0 aromatic carbocycles. The molecule has 2 fully saturated rings. The number of aromatic nitrogens is 1. The third-order valence-electron chi connectivity index (χ3n) is 4.51. The second-order valence-electron chi connectivity index (χ2n) is 6.00. The summed E-state index contributed by atoms with van der Waals surface area (Å²) in [7, 11) is 0. The highest BCUT2D eigenvalue weighted by molar-refractivity contribution is 7.09. The highest BCUT2D eigenvalue weighted by atomic mass is 32.1. The van der Waals surface area contributed by atoms with E-state index in [-0.39, 0.29) is 11.9 Å². The van der Waals surface area contributed by atoms with Gasteiger partial charge in [0.2, 0.25) is 5.91 Å². The lowest BCUT2D eigenvalue weighted by molar-refractivity contribution is -0.136. The Balaban J connectivity index is 1.56. The zero-order valence-corrected chi connectivity index (χ0v) is 13.3. The summed E-state index contributed by atoms with van der Waals surface area (Å²) >= 11 is 1.67. The predicted octanol–water partition coefficient (Wildman–Crippen LogP) is 3.55. The fourth-order valence-electron chi connectivity index (χ4n) is 3.35. The maximum Gasteiger partial charge on any atom is 0.223 e. The Hall–Kier alpha value is -0.940. The molecule has 4 nitrogen and oxygen atoms in total. The van der Waals surface area contributed by atoms with Crippen LogP contribution in [0, 0.1) is 0 Å². The van der Waals surface area contributed by atoms with Gasteiger partial charge in [-0.25, -0.2) is 4.98 Å².